The lowest BCUT2D eigenvalue weighted by atomic mass is 10.3. The Morgan fingerprint density at radius 2 is 1.95 bits per heavy atom. The van der Waals surface area contributed by atoms with E-state index >= 15 is 0 Å². The van der Waals surface area contributed by atoms with E-state index in [9.17, 15) is 13.2 Å². The Hall–Kier alpha value is -0.830. The molecule has 0 radical (unpaired) electrons. The van der Waals surface area contributed by atoms with Crippen LogP contribution >= 0.6 is 22.6 Å². The smallest absolute Gasteiger partial charge is 0.326 e. The SMILES string of the molecule is CCOC(=O)CN(c1ccccc1I)S(=O)(=O)CC. The summed E-state index contributed by atoms with van der Waals surface area (Å²) in [6.45, 7) is 3.15. The van der Waals surface area contributed by atoms with Gasteiger partial charge in [0.25, 0.3) is 0 Å². The molecule has 1 aromatic rings. The van der Waals surface area contributed by atoms with Gasteiger partial charge in [0.2, 0.25) is 10.0 Å². The highest BCUT2D eigenvalue weighted by atomic mass is 127. The number of sulfonamides is 1. The van der Waals surface area contributed by atoms with Crippen molar-refractivity contribution in [2.45, 2.75) is 13.8 Å². The standard InChI is InChI=1S/C12H16INO4S/c1-3-18-12(15)9-14(19(16,17)4-2)11-8-6-5-7-10(11)13/h5-8H,3-4,9H2,1-2H3. The molecule has 0 heterocycles. The summed E-state index contributed by atoms with van der Waals surface area (Å²) in [5, 5.41) is 0. The van der Waals surface area contributed by atoms with Crippen molar-refractivity contribution in [3.05, 3.63) is 27.8 Å². The van der Waals surface area contributed by atoms with Crippen molar-refractivity contribution in [1.29, 1.82) is 0 Å². The molecule has 0 saturated heterocycles. The summed E-state index contributed by atoms with van der Waals surface area (Å²) in [4.78, 5) is 11.6. The Kier molecular flexibility index (Phi) is 6.05. The lowest BCUT2D eigenvalue weighted by molar-refractivity contribution is -0.141. The maximum Gasteiger partial charge on any atom is 0.326 e. The minimum Gasteiger partial charge on any atom is -0.465 e. The van der Waals surface area contributed by atoms with Crippen LogP contribution in [0.4, 0.5) is 5.69 Å². The number of carbonyl (C=O) groups excluding carboxylic acids is 1. The molecule has 7 heteroatoms. The summed E-state index contributed by atoms with van der Waals surface area (Å²) in [6, 6.07) is 7.01. The minimum atomic E-state index is -3.52. The molecule has 1 aromatic carbocycles. The first-order valence-electron chi connectivity index (χ1n) is 5.83. The molecule has 0 bridgehead atoms. The zero-order valence-electron chi connectivity index (χ0n) is 10.8. The van der Waals surface area contributed by atoms with Crippen molar-refractivity contribution in [2.75, 3.05) is 23.2 Å². The van der Waals surface area contributed by atoms with Crippen LogP contribution in [-0.4, -0.2) is 33.3 Å². The summed E-state index contributed by atoms with van der Waals surface area (Å²) in [7, 11) is -3.52. The second-order valence-corrected chi connectivity index (χ2v) is 7.01. The van der Waals surface area contributed by atoms with E-state index in [0.717, 1.165) is 7.88 Å². The predicted molar refractivity (Wildman–Crippen MR) is 82.6 cm³/mol. The average molecular weight is 397 g/mol. The number of hydrogen-bond acceptors (Lipinski definition) is 4. The Balaban J connectivity index is 3.14. The molecule has 0 aromatic heterocycles. The van der Waals surface area contributed by atoms with E-state index in [4.69, 9.17) is 4.74 Å². The van der Waals surface area contributed by atoms with Gasteiger partial charge >= 0.3 is 5.97 Å². The van der Waals surface area contributed by atoms with Gasteiger partial charge in [-0.3, -0.25) is 9.10 Å². The van der Waals surface area contributed by atoms with Crippen LogP contribution in [0.2, 0.25) is 0 Å². The van der Waals surface area contributed by atoms with Crippen LogP contribution in [0, 0.1) is 3.57 Å². The Bertz CT molecular complexity index is 544. The molecule has 5 nitrogen and oxygen atoms in total. The van der Waals surface area contributed by atoms with Crippen LogP contribution in [0.15, 0.2) is 24.3 Å². The highest BCUT2D eigenvalue weighted by Crippen LogP contribution is 2.24. The maximum absolute atomic E-state index is 12.1. The zero-order valence-corrected chi connectivity index (χ0v) is 13.8. The maximum atomic E-state index is 12.1. The van der Waals surface area contributed by atoms with Crippen LogP contribution in [0.3, 0.4) is 0 Å². The molecule has 0 aliphatic rings. The molecule has 0 aliphatic heterocycles. The second-order valence-electron chi connectivity index (χ2n) is 3.66. The quantitative estimate of drug-likeness (QED) is 0.544. The third-order valence-electron chi connectivity index (χ3n) is 2.40. The van der Waals surface area contributed by atoms with E-state index in [1.54, 1.807) is 32.0 Å². The van der Waals surface area contributed by atoms with E-state index in [1.807, 2.05) is 28.7 Å². The minimum absolute atomic E-state index is 0.0720. The van der Waals surface area contributed by atoms with Crippen molar-refractivity contribution in [2.24, 2.45) is 0 Å². The molecule has 0 amide bonds. The van der Waals surface area contributed by atoms with Crippen molar-refractivity contribution < 1.29 is 17.9 Å². The Labute approximate surface area is 127 Å². The molecule has 1 rings (SSSR count). The molecular weight excluding hydrogens is 381 g/mol. The summed E-state index contributed by atoms with van der Waals surface area (Å²) >= 11 is 2.04. The van der Waals surface area contributed by atoms with Gasteiger partial charge < -0.3 is 4.74 Å². The molecular formula is C12H16INO4S. The Morgan fingerprint density at radius 3 is 2.47 bits per heavy atom. The van der Waals surface area contributed by atoms with Gasteiger partial charge in [-0.15, -0.1) is 0 Å². The number of esters is 1. The van der Waals surface area contributed by atoms with Crippen LogP contribution in [-0.2, 0) is 19.6 Å². The lowest BCUT2D eigenvalue weighted by Crippen LogP contribution is -2.38. The molecule has 0 N–H and O–H groups in total. The fourth-order valence-electron chi connectivity index (χ4n) is 1.47. The van der Waals surface area contributed by atoms with Gasteiger partial charge in [0.05, 0.1) is 18.0 Å². The number of halogens is 1. The second kappa shape index (κ2) is 7.09. The number of nitrogens with zero attached hydrogens (tertiary/aromatic N) is 1. The normalized spacial score (nSPS) is 11.1. The summed E-state index contributed by atoms with van der Waals surface area (Å²) < 4.78 is 30.9. The largest absolute Gasteiger partial charge is 0.465 e. The first-order valence-corrected chi connectivity index (χ1v) is 8.51. The predicted octanol–water partition coefficient (Wildman–Crippen LogP) is 2.01. The van der Waals surface area contributed by atoms with E-state index in [-0.39, 0.29) is 18.9 Å². The van der Waals surface area contributed by atoms with Gasteiger partial charge in [0.1, 0.15) is 6.54 Å². The first-order chi connectivity index (χ1) is 8.92. The molecule has 106 valence electrons. The summed E-state index contributed by atoms with van der Waals surface area (Å²) in [6.07, 6.45) is 0. The van der Waals surface area contributed by atoms with Crippen LogP contribution in [0.25, 0.3) is 0 Å². The first kappa shape index (κ1) is 16.2. The molecule has 0 aliphatic carbocycles. The molecule has 0 fully saturated rings. The highest BCUT2D eigenvalue weighted by Gasteiger charge is 2.25. The number of para-hydroxylation sites is 1. The third kappa shape index (κ3) is 4.34. The average Bonchev–Trinajstić information content (AvgIpc) is 2.37. The molecule has 0 spiro atoms. The highest BCUT2D eigenvalue weighted by molar-refractivity contribution is 14.1. The van der Waals surface area contributed by atoms with Crippen LogP contribution < -0.4 is 4.31 Å². The number of benzene rings is 1. The zero-order chi connectivity index (χ0) is 14.5. The van der Waals surface area contributed by atoms with Crippen LogP contribution in [0.1, 0.15) is 13.8 Å². The third-order valence-corrected chi connectivity index (χ3v) is 5.04. The number of ether oxygens (including phenoxy) is 1. The Morgan fingerprint density at radius 1 is 1.32 bits per heavy atom. The van der Waals surface area contributed by atoms with Gasteiger partial charge in [-0.2, -0.15) is 0 Å². The van der Waals surface area contributed by atoms with E-state index in [0.29, 0.717) is 5.69 Å². The molecule has 0 atom stereocenters. The fourth-order valence-corrected chi connectivity index (χ4v) is 3.38. The van der Waals surface area contributed by atoms with E-state index in [1.165, 1.54) is 0 Å². The van der Waals surface area contributed by atoms with Crippen molar-refractivity contribution in [3.8, 4) is 0 Å². The fraction of sp³-hybridized carbons (Fsp3) is 0.417. The topological polar surface area (TPSA) is 63.7 Å². The van der Waals surface area contributed by atoms with Crippen molar-refractivity contribution in [3.63, 3.8) is 0 Å². The van der Waals surface area contributed by atoms with E-state index in [2.05, 4.69) is 0 Å². The number of hydrogen-bond donors (Lipinski definition) is 0. The molecule has 0 unspecified atom stereocenters. The molecule has 19 heavy (non-hydrogen) atoms. The number of anilines is 1. The molecule has 0 saturated carbocycles. The van der Waals surface area contributed by atoms with Gasteiger partial charge in [0, 0.05) is 3.57 Å². The summed E-state index contributed by atoms with van der Waals surface area (Å²) in [5.74, 6) is -0.628. The van der Waals surface area contributed by atoms with Gasteiger partial charge in [0.15, 0.2) is 0 Å². The van der Waals surface area contributed by atoms with E-state index < -0.39 is 16.0 Å². The van der Waals surface area contributed by atoms with Crippen molar-refractivity contribution >= 4 is 44.3 Å². The lowest BCUT2D eigenvalue weighted by Gasteiger charge is -2.23. The van der Waals surface area contributed by atoms with Crippen LogP contribution in [0.5, 0.6) is 0 Å². The monoisotopic (exact) mass is 397 g/mol. The number of rotatable bonds is 6. The van der Waals surface area contributed by atoms with Gasteiger partial charge in [-0.05, 0) is 48.6 Å². The van der Waals surface area contributed by atoms with Gasteiger partial charge in [-0.1, -0.05) is 12.1 Å². The number of carbonyl (C=O) groups is 1. The van der Waals surface area contributed by atoms with Crippen molar-refractivity contribution in [1.82, 2.24) is 0 Å². The van der Waals surface area contributed by atoms with Gasteiger partial charge in [-0.25, -0.2) is 8.42 Å². The summed E-state index contributed by atoms with van der Waals surface area (Å²) in [5.41, 5.74) is 0.498.